The van der Waals surface area contributed by atoms with E-state index < -0.39 is 0 Å². The fraction of sp³-hybridized carbons (Fsp3) is 0.600. The lowest BCUT2D eigenvalue weighted by molar-refractivity contribution is -0.121. The molecule has 0 radical (unpaired) electrons. The van der Waals surface area contributed by atoms with Gasteiger partial charge in [0.1, 0.15) is 12.4 Å². The van der Waals surface area contributed by atoms with Gasteiger partial charge in [0.2, 0.25) is 5.91 Å². The van der Waals surface area contributed by atoms with Crippen molar-refractivity contribution in [3.05, 3.63) is 29.8 Å². The number of carbonyl (C=O) groups is 1. The standard InChI is InChI=1S/C20H32N4O3/c1-21-19(25)14-16-8-10-24(11-9-16)20(22-2)23-15-17-4-6-18(7-5-17)27-13-12-26-3/h4-7,16H,8-15H2,1-3H3,(H,21,25)(H,22,23). The van der Waals surface area contributed by atoms with Gasteiger partial charge < -0.3 is 25.0 Å². The number of nitrogens with one attached hydrogen (secondary N) is 2. The second-order valence-corrected chi connectivity index (χ2v) is 6.69. The zero-order valence-corrected chi connectivity index (χ0v) is 16.7. The van der Waals surface area contributed by atoms with Crippen molar-refractivity contribution < 1.29 is 14.3 Å². The number of rotatable bonds is 8. The third-order valence-corrected chi connectivity index (χ3v) is 4.81. The molecular weight excluding hydrogens is 344 g/mol. The Morgan fingerprint density at radius 2 is 1.93 bits per heavy atom. The van der Waals surface area contributed by atoms with E-state index in [2.05, 4.69) is 32.7 Å². The number of methoxy groups -OCH3 is 1. The summed E-state index contributed by atoms with van der Waals surface area (Å²) in [5.74, 6) is 2.35. The van der Waals surface area contributed by atoms with E-state index >= 15 is 0 Å². The van der Waals surface area contributed by atoms with Crippen LogP contribution in [-0.4, -0.2) is 64.3 Å². The summed E-state index contributed by atoms with van der Waals surface area (Å²) in [6.45, 7) is 3.69. The van der Waals surface area contributed by atoms with Crippen LogP contribution in [0.3, 0.4) is 0 Å². The van der Waals surface area contributed by atoms with Gasteiger partial charge in [0.25, 0.3) is 0 Å². The van der Waals surface area contributed by atoms with Crippen LogP contribution in [0.1, 0.15) is 24.8 Å². The molecule has 2 rings (SSSR count). The number of piperidine rings is 1. The second-order valence-electron chi connectivity index (χ2n) is 6.69. The first-order valence-electron chi connectivity index (χ1n) is 9.53. The Kier molecular flexibility index (Phi) is 8.91. The summed E-state index contributed by atoms with van der Waals surface area (Å²) < 4.78 is 10.6. The van der Waals surface area contributed by atoms with Crippen molar-refractivity contribution >= 4 is 11.9 Å². The molecule has 0 atom stereocenters. The van der Waals surface area contributed by atoms with Crippen molar-refractivity contribution in [3.8, 4) is 5.75 Å². The molecule has 1 aliphatic heterocycles. The number of aliphatic imine (C=N–C) groups is 1. The highest BCUT2D eigenvalue weighted by Gasteiger charge is 2.22. The van der Waals surface area contributed by atoms with Crippen LogP contribution in [0.4, 0.5) is 0 Å². The average Bonchev–Trinajstić information content (AvgIpc) is 2.70. The maximum atomic E-state index is 11.5. The Morgan fingerprint density at radius 3 is 2.52 bits per heavy atom. The lowest BCUT2D eigenvalue weighted by atomic mass is 9.93. The van der Waals surface area contributed by atoms with Crippen LogP contribution >= 0.6 is 0 Å². The molecule has 7 heteroatoms. The summed E-state index contributed by atoms with van der Waals surface area (Å²) >= 11 is 0. The van der Waals surface area contributed by atoms with Crippen LogP contribution in [0, 0.1) is 5.92 Å². The lowest BCUT2D eigenvalue weighted by Gasteiger charge is -2.34. The minimum absolute atomic E-state index is 0.130. The maximum absolute atomic E-state index is 11.5. The predicted molar refractivity (Wildman–Crippen MR) is 107 cm³/mol. The Bertz CT molecular complexity index is 596. The number of carbonyl (C=O) groups excluding carboxylic acids is 1. The van der Waals surface area contributed by atoms with Crippen LogP contribution in [-0.2, 0) is 16.1 Å². The molecule has 0 unspecified atom stereocenters. The Labute approximate surface area is 162 Å². The molecule has 1 fully saturated rings. The molecule has 0 aromatic heterocycles. The molecule has 1 saturated heterocycles. The molecule has 1 aliphatic rings. The normalized spacial score (nSPS) is 15.5. The molecule has 0 saturated carbocycles. The van der Waals surface area contributed by atoms with Gasteiger partial charge in [-0.3, -0.25) is 9.79 Å². The van der Waals surface area contributed by atoms with Gasteiger partial charge in [0.15, 0.2) is 5.96 Å². The first kappa shape index (κ1) is 21.0. The van der Waals surface area contributed by atoms with Crippen LogP contribution in [0.5, 0.6) is 5.75 Å². The van der Waals surface area contributed by atoms with Crippen LogP contribution in [0.2, 0.25) is 0 Å². The molecule has 1 heterocycles. The molecule has 1 amide bonds. The number of likely N-dealkylation sites (tertiary alicyclic amines) is 1. The van der Waals surface area contributed by atoms with Crippen molar-refractivity contribution in [2.45, 2.75) is 25.8 Å². The number of amides is 1. The first-order chi connectivity index (χ1) is 13.2. The van der Waals surface area contributed by atoms with Crippen molar-refractivity contribution in [1.82, 2.24) is 15.5 Å². The van der Waals surface area contributed by atoms with Crippen molar-refractivity contribution in [2.75, 3.05) is 47.5 Å². The van der Waals surface area contributed by atoms with E-state index in [0.29, 0.717) is 32.1 Å². The second kappa shape index (κ2) is 11.4. The third-order valence-electron chi connectivity index (χ3n) is 4.81. The quantitative estimate of drug-likeness (QED) is 0.410. The Hall–Kier alpha value is -2.28. The van der Waals surface area contributed by atoms with Gasteiger partial charge in [-0.15, -0.1) is 0 Å². The van der Waals surface area contributed by atoms with Gasteiger partial charge >= 0.3 is 0 Å². The monoisotopic (exact) mass is 376 g/mol. The number of nitrogens with zero attached hydrogens (tertiary/aromatic N) is 2. The molecule has 7 nitrogen and oxygen atoms in total. The average molecular weight is 377 g/mol. The fourth-order valence-corrected chi connectivity index (χ4v) is 3.17. The molecule has 1 aromatic carbocycles. The van der Waals surface area contributed by atoms with E-state index in [0.717, 1.165) is 37.6 Å². The van der Waals surface area contributed by atoms with E-state index in [9.17, 15) is 4.79 Å². The summed E-state index contributed by atoms with van der Waals surface area (Å²) in [6, 6.07) is 8.05. The molecule has 0 aliphatic carbocycles. The SMILES string of the molecule is CN=C(NCc1ccc(OCCOC)cc1)N1CCC(CC(=O)NC)CC1. The smallest absolute Gasteiger partial charge is 0.220 e. The summed E-state index contributed by atoms with van der Waals surface area (Å²) in [5.41, 5.74) is 1.17. The predicted octanol–water partition coefficient (Wildman–Crippen LogP) is 1.64. The largest absolute Gasteiger partial charge is 0.491 e. The topological polar surface area (TPSA) is 75.2 Å². The molecular formula is C20H32N4O3. The van der Waals surface area contributed by atoms with Gasteiger partial charge in [-0.1, -0.05) is 12.1 Å². The van der Waals surface area contributed by atoms with Gasteiger partial charge in [-0.2, -0.15) is 0 Å². The van der Waals surface area contributed by atoms with E-state index in [1.807, 2.05) is 19.2 Å². The number of hydrogen-bond donors (Lipinski definition) is 2. The van der Waals surface area contributed by atoms with Crippen molar-refractivity contribution in [3.63, 3.8) is 0 Å². The molecule has 27 heavy (non-hydrogen) atoms. The van der Waals surface area contributed by atoms with Gasteiger partial charge in [0, 0.05) is 47.3 Å². The Balaban J connectivity index is 1.76. The summed E-state index contributed by atoms with van der Waals surface area (Å²) in [6.07, 6.45) is 2.65. The van der Waals surface area contributed by atoms with Gasteiger partial charge in [-0.05, 0) is 36.5 Å². The minimum atomic E-state index is 0.130. The highest BCUT2D eigenvalue weighted by molar-refractivity contribution is 5.80. The maximum Gasteiger partial charge on any atom is 0.220 e. The van der Waals surface area contributed by atoms with Crippen molar-refractivity contribution in [2.24, 2.45) is 10.9 Å². The van der Waals surface area contributed by atoms with Crippen molar-refractivity contribution in [1.29, 1.82) is 0 Å². The van der Waals surface area contributed by atoms with Crippen LogP contribution < -0.4 is 15.4 Å². The zero-order valence-electron chi connectivity index (χ0n) is 16.7. The minimum Gasteiger partial charge on any atom is -0.491 e. The molecule has 0 spiro atoms. The Morgan fingerprint density at radius 1 is 1.22 bits per heavy atom. The number of ether oxygens (including phenoxy) is 2. The van der Waals surface area contributed by atoms with Gasteiger partial charge in [0.05, 0.1) is 6.61 Å². The van der Waals surface area contributed by atoms with Crippen LogP contribution in [0.25, 0.3) is 0 Å². The first-order valence-corrected chi connectivity index (χ1v) is 9.53. The highest BCUT2D eigenvalue weighted by atomic mass is 16.5. The molecule has 150 valence electrons. The van der Waals surface area contributed by atoms with E-state index in [-0.39, 0.29) is 5.91 Å². The summed E-state index contributed by atoms with van der Waals surface area (Å²) in [7, 11) is 5.17. The molecule has 0 bridgehead atoms. The third kappa shape index (κ3) is 7.09. The number of benzene rings is 1. The number of hydrogen-bond acceptors (Lipinski definition) is 4. The van der Waals surface area contributed by atoms with E-state index in [1.165, 1.54) is 5.56 Å². The fourth-order valence-electron chi connectivity index (χ4n) is 3.17. The van der Waals surface area contributed by atoms with Crippen LogP contribution in [0.15, 0.2) is 29.3 Å². The molecule has 2 N–H and O–H groups in total. The molecule has 1 aromatic rings. The van der Waals surface area contributed by atoms with E-state index in [1.54, 1.807) is 14.2 Å². The van der Waals surface area contributed by atoms with Gasteiger partial charge in [-0.25, -0.2) is 0 Å². The summed E-state index contributed by atoms with van der Waals surface area (Å²) in [5, 5.41) is 6.14. The highest BCUT2D eigenvalue weighted by Crippen LogP contribution is 2.20. The lowest BCUT2D eigenvalue weighted by Crippen LogP contribution is -2.45. The zero-order chi connectivity index (χ0) is 19.5. The number of guanidine groups is 1. The van der Waals surface area contributed by atoms with E-state index in [4.69, 9.17) is 9.47 Å². The summed E-state index contributed by atoms with van der Waals surface area (Å²) in [4.78, 5) is 18.2.